The molecule has 4 saturated carbocycles. The molecule has 0 amide bonds. The van der Waals surface area contributed by atoms with Gasteiger partial charge in [-0.15, -0.1) is 0 Å². The van der Waals surface area contributed by atoms with Gasteiger partial charge in [-0.1, -0.05) is 26.3 Å². The van der Waals surface area contributed by atoms with Gasteiger partial charge in [0.15, 0.2) is 0 Å². The van der Waals surface area contributed by atoms with Crippen molar-refractivity contribution in [2.75, 3.05) is 52.9 Å². The smallest absolute Gasteiger partial charge is 0.307 e. The molecule has 4 aliphatic carbocycles. The zero-order valence-electron chi connectivity index (χ0n) is 41.8. The Morgan fingerprint density at radius 3 is 0.631 bits per heavy atom. The average molecular weight is 923 g/mol. The molecular formula is C52H90O13. The molecule has 376 valence electrons. The van der Waals surface area contributed by atoms with Crippen molar-refractivity contribution in [2.24, 2.45) is 47.3 Å². The molecule has 0 aromatic carbocycles. The first-order valence-corrected chi connectivity index (χ1v) is 24.0. The molecule has 0 aromatic heterocycles. The molecule has 4 fully saturated rings. The van der Waals surface area contributed by atoms with Gasteiger partial charge in [-0.25, -0.2) is 0 Å². The van der Waals surface area contributed by atoms with Gasteiger partial charge in [0.05, 0.1) is 62.7 Å². The molecule has 0 aliphatic heterocycles. The van der Waals surface area contributed by atoms with Crippen LogP contribution in [0.25, 0.3) is 0 Å². The van der Waals surface area contributed by atoms with Gasteiger partial charge in [-0.2, -0.15) is 0 Å². The van der Waals surface area contributed by atoms with Crippen molar-refractivity contribution < 1.29 is 62.5 Å². The van der Waals surface area contributed by atoms with Gasteiger partial charge in [-0.3, -0.25) is 19.2 Å². The fourth-order valence-corrected chi connectivity index (χ4v) is 8.02. The predicted molar refractivity (Wildman–Crippen MR) is 255 cm³/mol. The van der Waals surface area contributed by atoms with E-state index in [1.54, 1.807) is 6.92 Å². The van der Waals surface area contributed by atoms with Crippen molar-refractivity contribution in [3.8, 4) is 0 Å². The highest BCUT2D eigenvalue weighted by molar-refractivity contribution is 5.67. The summed E-state index contributed by atoms with van der Waals surface area (Å²) >= 11 is 0. The summed E-state index contributed by atoms with van der Waals surface area (Å²) in [5, 5.41) is 17.6. The maximum absolute atomic E-state index is 10.7. The van der Waals surface area contributed by atoms with Crippen LogP contribution in [0, 0.1) is 47.3 Å². The van der Waals surface area contributed by atoms with Crippen molar-refractivity contribution in [3.05, 3.63) is 49.4 Å². The molecule has 0 spiro atoms. The molecule has 2 N–H and O–H groups in total. The molecular weight excluding hydrogens is 833 g/mol. The Balaban J connectivity index is 0.000000810. The van der Waals surface area contributed by atoms with Crippen LogP contribution in [0.5, 0.6) is 0 Å². The van der Waals surface area contributed by atoms with Crippen LogP contribution in [0.3, 0.4) is 0 Å². The van der Waals surface area contributed by atoms with Crippen molar-refractivity contribution in [2.45, 2.75) is 158 Å². The second-order valence-corrected chi connectivity index (χ2v) is 18.7. The minimum absolute atomic E-state index is 0.173. The van der Waals surface area contributed by atoms with Crippen molar-refractivity contribution in [1.29, 1.82) is 0 Å². The largest absolute Gasteiger partial charge is 0.499 e. The van der Waals surface area contributed by atoms with Crippen LogP contribution in [0.4, 0.5) is 0 Å². The minimum Gasteiger partial charge on any atom is -0.499 e. The van der Waals surface area contributed by atoms with Crippen LogP contribution in [0.1, 0.15) is 158 Å². The van der Waals surface area contributed by atoms with E-state index < -0.39 is 0 Å². The Hall–Kier alpha value is -3.84. The number of ether oxygens (including phenoxy) is 7. The van der Waals surface area contributed by atoms with E-state index in [2.05, 4.69) is 31.1 Å². The van der Waals surface area contributed by atoms with Crippen LogP contribution < -0.4 is 0 Å². The first-order chi connectivity index (χ1) is 30.7. The molecule has 0 unspecified atom stereocenters. The SMILES string of the molecule is C=C(C)OC(C)=O.C=C(C)OCC1CCC(COC(=C)C)CC1.C=C(C)OCC1CCC(COC(C)=O)CC1.CC(=O)OCC1CCC(COC(C)=O)CC1.OCC1CCC(CO)CC1. The molecule has 13 nitrogen and oxygen atoms in total. The van der Waals surface area contributed by atoms with E-state index in [1.165, 1.54) is 66.2 Å². The molecule has 4 aliphatic rings. The number of hydrogen-bond acceptors (Lipinski definition) is 13. The zero-order chi connectivity index (χ0) is 49.2. The summed E-state index contributed by atoms with van der Waals surface area (Å²) in [6, 6.07) is 0. The number of allylic oxidation sites excluding steroid dienone is 4. The van der Waals surface area contributed by atoms with E-state index in [4.69, 9.17) is 38.6 Å². The molecule has 0 radical (unpaired) electrons. The Morgan fingerprint density at radius 2 is 0.508 bits per heavy atom. The Kier molecular flexibility index (Phi) is 35.1. The lowest BCUT2D eigenvalue weighted by Gasteiger charge is -2.28. The normalized spacial score (nSPS) is 24.5. The molecule has 0 heterocycles. The predicted octanol–water partition coefficient (Wildman–Crippen LogP) is 10.6. The maximum atomic E-state index is 10.7. The van der Waals surface area contributed by atoms with Gasteiger partial charge in [0.2, 0.25) is 0 Å². The van der Waals surface area contributed by atoms with Gasteiger partial charge < -0.3 is 43.4 Å². The number of esters is 4. The Labute approximate surface area is 393 Å². The van der Waals surface area contributed by atoms with Crippen LogP contribution in [-0.2, 0) is 52.3 Å². The van der Waals surface area contributed by atoms with E-state index >= 15 is 0 Å². The third kappa shape index (κ3) is 37.0. The van der Waals surface area contributed by atoms with Gasteiger partial charge >= 0.3 is 23.9 Å². The summed E-state index contributed by atoms with van der Waals surface area (Å²) in [5.74, 6) is 6.59. The molecule has 4 rings (SSSR count). The molecule has 0 bridgehead atoms. The fourth-order valence-electron chi connectivity index (χ4n) is 8.02. The second-order valence-electron chi connectivity index (χ2n) is 18.7. The van der Waals surface area contributed by atoms with E-state index in [-0.39, 0.29) is 23.9 Å². The highest BCUT2D eigenvalue weighted by atomic mass is 16.5. The van der Waals surface area contributed by atoms with E-state index in [9.17, 15) is 19.2 Å². The van der Waals surface area contributed by atoms with Gasteiger partial charge in [0.25, 0.3) is 0 Å². The number of hydrogen-bond donors (Lipinski definition) is 2. The summed E-state index contributed by atoms with van der Waals surface area (Å²) in [7, 11) is 0. The lowest BCUT2D eigenvalue weighted by atomic mass is 9.83. The van der Waals surface area contributed by atoms with Gasteiger partial charge in [-0.05, 0) is 178 Å². The second kappa shape index (κ2) is 37.3. The van der Waals surface area contributed by atoms with E-state index in [0.717, 1.165) is 101 Å². The van der Waals surface area contributed by atoms with Crippen molar-refractivity contribution in [1.82, 2.24) is 0 Å². The average Bonchev–Trinajstić information content (AvgIpc) is 3.26. The molecule has 0 aromatic rings. The van der Waals surface area contributed by atoms with Crippen molar-refractivity contribution in [3.63, 3.8) is 0 Å². The number of rotatable bonds is 18. The molecule has 13 heteroatoms. The maximum Gasteiger partial charge on any atom is 0.307 e. The molecule has 0 atom stereocenters. The first-order valence-electron chi connectivity index (χ1n) is 24.0. The van der Waals surface area contributed by atoms with E-state index in [1.807, 2.05) is 20.8 Å². The monoisotopic (exact) mass is 923 g/mol. The summed E-state index contributed by atoms with van der Waals surface area (Å²) < 4.78 is 35.8. The summed E-state index contributed by atoms with van der Waals surface area (Å²) in [6.45, 7) is 32.4. The highest BCUT2D eigenvalue weighted by Gasteiger charge is 2.25. The lowest BCUT2D eigenvalue weighted by Crippen LogP contribution is -2.23. The lowest BCUT2D eigenvalue weighted by molar-refractivity contribution is -0.145. The Morgan fingerprint density at radius 1 is 0.323 bits per heavy atom. The van der Waals surface area contributed by atoms with Crippen LogP contribution in [0.2, 0.25) is 0 Å². The first kappa shape index (κ1) is 61.2. The van der Waals surface area contributed by atoms with Crippen LogP contribution in [-0.4, -0.2) is 86.9 Å². The van der Waals surface area contributed by atoms with E-state index in [0.29, 0.717) is 86.1 Å². The molecule has 0 saturated heterocycles. The quantitative estimate of drug-likeness (QED) is 0.0756. The van der Waals surface area contributed by atoms with Gasteiger partial charge in [0, 0.05) is 40.9 Å². The highest BCUT2D eigenvalue weighted by Crippen LogP contribution is 2.32. The number of carbonyl (C=O) groups excluding carboxylic acids is 4. The topological polar surface area (TPSA) is 173 Å². The van der Waals surface area contributed by atoms with Gasteiger partial charge in [0.1, 0.15) is 0 Å². The minimum atomic E-state index is -0.312. The number of aliphatic hydroxyl groups is 2. The third-order valence-corrected chi connectivity index (χ3v) is 12.0. The molecule has 65 heavy (non-hydrogen) atoms. The fraction of sp³-hybridized carbons (Fsp3) is 0.769. The summed E-state index contributed by atoms with van der Waals surface area (Å²) in [6.07, 6.45) is 18.2. The standard InChI is InChI=1S/C14H24O2.C13H22O3.C12H20O4.C8H16O2.C5H8O2/c1-11(2)15-9-13-5-7-14(8-6-13)10-16-12(3)4;1-10(2)15-8-12-4-6-13(7-5-12)9-16-11(3)14;1-9(13)15-7-11-3-5-12(6-4-11)8-16-10(2)14;9-5-7-1-2-8(6-10)4-3-7;1-4(2)7-5(3)6/h13-14H,1,3,5-10H2,2,4H3;12-13H,1,4-9H2,2-3H3;11-12H,3-8H2,1-2H3;7-10H,1-6H2;1H2,2-3H3. The zero-order valence-corrected chi connectivity index (χ0v) is 41.8. The van der Waals surface area contributed by atoms with Crippen LogP contribution in [0.15, 0.2) is 49.4 Å². The summed E-state index contributed by atoms with van der Waals surface area (Å²) in [5.41, 5.74) is 0. The summed E-state index contributed by atoms with van der Waals surface area (Å²) in [4.78, 5) is 41.9. The third-order valence-electron chi connectivity index (χ3n) is 12.0. The Bertz CT molecular complexity index is 1130. The van der Waals surface area contributed by atoms with Crippen LogP contribution >= 0.6 is 0 Å². The number of carbonyl (C=O) groups is 4. The van der Waals surface area contributed by atoms with Crippen molar-refractivity contribution >= 4 is 23.9 Å². The number of aliphatic hydroxyl groups excluding tert-OH is 2.